The summed E-state index contributed by atoms with van der Waals surface area (Å²) in [6, 6.07) is 10.0. The largest absolute Gasteiger partial charge is 0.462 e. The first-order chi connectivity index (χ1) is 13.5. The van der Waals surface area contributed by atoms with E-state index in [0.29, 0.717) is 28.1 Å². The van der Waals surface area contributed by atoms with Crippen molar-refractivity contribution in [3.8, 4) is 6.07 Å². The maximum absolute atomic E-state index is 14.2. The summed E-state index contributed by atoms with van der Waals surface area (Å²) in [5.74, 6) is -0.347. The molecule has 2 N–H and O–H groups in total. The van der Waals surface area contributed by atoms with Gasteiger partial charge >= 0.3 is 0 Å². The first-order valence-corrected chi connectivity index (χ1v) is 9.11. The number of hydrogen-bond donors (Lipinski definition) is 1. The van der Waals surface area contributed by atoms with Gasteiger partial charge in [0.1, 0.15) is 30.1 Å². The van der Waals surface area contributed by atoms with Crippen molar-refractivity contribution >= 4 is 23.4 Å². The molecule has 2 aliphatic rings. The Labute approximate surface area is 165 Å². The quantitative estimate of drug-likeness (QED) is 0.780. The van der Waals surface area contributed by atoms with Crippen LogP contribution in [0.3, 0.4) is 0 Å². The molecule has 1 fully saturated rings. The van der Waals surface area contributed by atoms with Crippen LogP contribution in [0.2, 0.25) is 5.02 Å². The smallest absolute Gasteiger partial charge is 0.283 e. The fourth-order valence-electron chi connectivity index (χ4n) is 3.64. The Balaban J connectivity index is 1.65. The van der Waals surface area contributed by atoms with E-state index in [1.807, 2.05) is 6.07 Å². The third-order valence-electron chi connectivity index (χ3n) is 5.17. The fraction of sp³-hybridized carbons (Fsp3) is 0.300. The van der Waals surface area contributed by atoms with E-state index in [2.05, 4.69) is 9.98 Å². The lowest BCUT2D eigenvalue weighted by molar-refractivity contribution is 0.0988. The van der Waals surface area contributed by atoms with E-state index in [4.69, 9.17) is 27.3 Å². The lowest BCUT2D eigenvalue weighted by Gasteiger charge is -2.32. The molecule has 0 amide bonds. The van der Waals surface area contributed by atoms with Gasteiger partial charge in [-0.1, -0.05) is 23.7 Å². The minimum absolute atomic E-state index is 0.0456. The molecule has 2 aromatic rings. The normalized spacial score (nSPS) is 25.1. The van der Waals surface area contributed by atoms with Crippen molar-refractivity contribution in [1.82, 2.24) is 4.98 Å². The monoisotopic (exact) mass is 398 g/mol. The summed E-state index contributed by atoms with van der Waals surface area (Å²) in [4.78, 5) is 20.8. The Morgan fingerprint density at radius 3 is 2.93 bits per heavy atom. The number of nitriles is 1. The highest BCUT2D eigenvalue weighted by Gasteiger charge is 2.59. The molecule has 0 unspecified atom stereocenters. The van der Waals surface area contributed by atoms with E-state index in [-0.39, 0.29) is 35.9 Å². The van der Waals surface area contributed by atoms with Crippen molar-refractivity contribution in [3.63, 3.8) is 0 Å². The number of aliphatic imine (C=N–C) groups is 1. The van der Waals surface area contributed by atoms with Crippen LogP contribution in [0.1, 0.15) is 33.6 Å². The lowest BCUT2D eigenvalue weighted by atomic mass is 9.84. The Morgan fingerprint density at radius 2 is 2.25 bits per heavy atom. The number of pyridine rings is 1. The van der Waals surface area contributed by atoms with Gasteiger partial charge in [0.15, 0.2) is 5.78 Å². The predicted octanol–water partition coefficient (Wildman–Crippen LogP) is 2.93. The van der Waals surface area contributed by atoms with Crippen molar-refractivity contribution in [2.75, 3.05) is 6.67 Å². The van der Waals surface area contributed by atoms with Crippen LogP contribution in [-0.2, 0) is 16.7 Å². The molecule has 0 radical (unpaired) electrons. The number of ketones is 1. The summed E-state index contributed by atoms with van der Waals surface area (Å²) < 4.78 is 19.6. The third kappa shape index (κ3) is 3.10. The molecule has 0 saturated heterocycles. The SMILES string of the molecule is N#Cc1ccc(C(=O)Cc2ccc(Cl)c([C@@]3(CF)N=C(N)O[C@@H]4C[C@@H]43)c2)nc1. The number of nitrogens with zero attached hydrogens (tertiary/aromatic N) is 3. The van der Waals surface area contributed by atoms with Crippen molar-refractivity contribution in [2.24, 2.45) is 16.6 Å². The Kier molecular flexibility index (Phi) is 4.52. The van der Waals surface area contributed by atoms with Gasteiger partial charge in [-0.2, -0.15) is 5.26 Å². The topological polar surface area (TPSA) is 101 Å². The number of ether oxygens (including phenoxy) is 1. The van der Waals surface area contributed by atoms with Gasteiger partial charge in [0.25, 0.3) is 6.02 Å². The summed E-state index contributed by atoms with van der Waals surface area (Å²) in [6.45, 7) is -0.757. The zero-order valence-electron chi connectivity index (χ0n) is 14.7. The summed E-state index contributed by atoms with van der Waals surface area (Å²) in [5, 5.41) is 9.20. The molecule has 6 nitrogen and oxygen atoms in total. The van der Waals surface area contributed by atoms with Crippen LogP contribution in [0.15, 0.2) is 41.5 Å². The molecule has 0 bridgehead atoms. The van der Waals surface area contributed by atoms with Crippen LogP contribution >= 0.6 is 11.6 Å². The van der Waals surface area contributed by atoms with E-state index < -0.39 is 12.2 Å². The van der Waals surface area contributed by atoms with Crippen LogP contribution in [0.25, 0.3) is 0 Å². The van der Waals surface area contributed by atoms with E-state index in [9.17, 15) is 9.18 Å². The number of hydrogen-bond acceptors (Lipinski definition) is 6. The zero-order valence-corrected chi connectivity index (χ0v) is 15.5. The second kappa shape index (κ2) is 6.88. The minimum atomic E-state index is -1.18. The van der Waals surface area contributed by atoms with E-state index in [0.717, 1.165) is 0 Å². The number of halogens is 2. The Morgan fingerprint density at radius 1 is 1.43 bits per heavy atom. The summed E-state index contributed by atoms with van der Waals surface area (Å²) in [5.41, 5.74) is 6.37. The highest BCUT2D eigenvalue weighted by Crippen LogP contribution is 2.54. The average molecular weight is 399 g/mol. The highest BCUT2D eigenvalue weighted by atomic mass is 35.5. The van der Waals surface area contributed by atoms with Gasteiger partial charge in [0.2, 0.25) is 0 Å². The first kappa shape index (κ1) is 18.4. The molecule has 8 heteroatoms. The molecular weight excluding hydrogens is 383 g/mol. The van der Waals surface area contributed by atoms with Gasteiger partial charge in [-0.3, -0.25) is 9.78 Å². The van der Waals surface area contributed by atoms with Gasteiger partial charge in [0.05, 0.1) is 5.56 Å². The molecule has 4 rings (SSSR count). The minimum Gasteiger partial charge on any atom is -0.462 e. The molecule has 28 heavy (non-hydrogen) atoms. The zero-order chi connectivity index (χ0) is 19.9. The Bertz CT molecular complexity index is 1020. The maximum atomic E-state index is 14.2. The van der Waals surface area contributed by atoms with Crippen LogP contribution in [0.5, 0.6) is 0 Å². The van der Waals surface area contributed by atoms with Gasteiger partial charge < -0.3 is 10.5 Å². The molecule has 1 aliphatic heterocycles. The number of rotatable bonds is 5. The predicted molar refractivity (Wildman–Crippen MR) is 101 cm³/mol. The average Bonchev–Trinajstić information content (AvgIpc) is 3.48. The lowest BCUT2D eigenvalue weighted by Crippen LogP contribution is -2.39. The van der Waals surface area contributed by atoms with Gasteiger partial charge in [-0.25, -0.2) is 9.38 Å². The van der Waals surface area contributed by atoms with Crippen molar-refractivity contribution in [2.45, 2.75) is 24.5 Å². The number of carbonyl (C=O) groups excluding carboxylic acids is 1. The number of alkyl halides is 1. The molecule has 1 aromatic carbocycles. The van der Waals surface area contributed by atoms with E-state index in [1.165, 1.54) is 12.3 Å². The van der Waals surface area contributed by atoms with Crippen LogP contribution in [-0.4, -0.2) is 29.6 Å². The number of carbonyl (C=O) groups is 1. The number of benzene rings is 1. The van der Waals surface area contributed by atoms with Crippen molar-refractivity contribution < 1.29 is 13.9 Å². The van der Waals surface area contributed by atoms with Crippen LogP contribution < -0.4 is 5.73 Å². The second-order valence-electron chi connectivity index (χ2n) is 6.96. The number of nitrogens with two attached hydrogens (primary N) is 1. The highest BCUT2D eigenvalue weighted by molar-refractivity contribution is 6.31. The number of Topliss-reactive ketones (excluding diaryl/α,β-unsaturated/α-hetero) is 1. The van der Waals surface area contributed by atoms with Crippen LogP contribution in [0, 0.1) is 17.2 Å². The fourth-order valence-corrected chi connectivity index (χ4v) is 3.92. The second-order valence-corrected chi connectivity index (χ2v) is 7.37. The molecular formula is C20H16ClFN4O2. The standard InChI is InChI=1S/C20H16ClFN4O2/c21-15-3-1-11(6-17(27)16-4-2-12(8-23)9-25-16)5-13(15)20(10-22)14-7-18(14)28-19(24)26-20/h1-5,9,14,18H,6-7,10H2,(H2,24,26)/t14-,18+,20+/m0/s1. The summed E-state index contributed by atoms with van der Waals surface area (Å²) in [6.07, 6.45) is 1.92. The van der Waals surface area contributed by atoms with Crippen molar-refractivity contribution in [3.05, 3.63) is 63.9 Å². The van der Waals surface area contributed by atoms with Gasteiger partial charge in [-0.15, -0.1) is 0 Å². The van der Waals surface area contributed by atoms with Crippen molar-refractivity contribution in [1.29, 1.82) is 5.26 Å². The number of fused-ring (bicyclic) bond motifs is 1. The summed E-state index contributed by atoms with van der Waals surface area (Å²) in [7, 11) is 0. The Hall–Kier alpha value is -2.98. The van der Waals surface area contributed by atoms with E-state index >= 15 is 0 Å². The summed E-state index contributed by atoms with van der Waals surface area (Å²) >= 11 is 6.37. The molecule has 3 atom stereocenters. The first-order valence-electron chi connectivity index (χ1n) is 8.73. The molecule has 1 saturated carbocycles. The van der Waals surface area contributed by atoms with E-state index in [1.54, 1.807) is 24.3 Å². The molecule has 1 aliphatic carbocycles. The van der Waals surface area contributed by atoms with Crippen LogP contribution in [0.4, 0.5) is 4.39 Å². The molecule has 0 spiro atoms. The third-order valence-corrected chi connectivity index (χ3v) is 5.50. The molecule has 142 valence electrons. The number of aromatic nitrogens is 1. The van der Waals surface area contributed by atoms with Gasteiger partial charge in [0, 0.05) is 29.1 Å². The molecule has 2 heterocycles. The maximum Gasteiger partial charge on any atom is 0.283 e. The molecule has 1 aromatic heterocycles. The number of amidine groups is 1. The van der Waals surface area contributed by atoms with Gasteiger partial charge in [-0.05, 0) is 30.2 Å².